The summed E-state index contributed by atoms with van der Waals surface area (Å²) in [5, 5.41) is 0. The van der Waals surface area contributed by atoms with Gasteiger partial charge in [-0.2, -0.15) is 0 Å². The van der Waals surface area contributed by atoms with Gasteiger partial charge in [-0.3, -0.25) is 0 Å². The maximum absolute atomic E-state index is 14.9. The SMILES string of the molecule is [B]C1c2c(ccc(C)c2F)-c2ccc(OC3CCCC3)c(F)c21. The molecule has 23 heavy (non-hydrogen) atoms. The van der Waals surface area contributed by atoms with Gasteiger partial charge in [0.25, 0.3) is 0 Å². The van der Waals surface area contributed by atoms with Crippen molar-refractivity contribution in [1.82, 2.24) is 0 Å². The molecule has 0 aliphatic heterocycles. The lowest BCUT2D eigenvalue weighted by Crippen LogP contribution is -2.13. The van der Waals surface area contributed by atoms with Crippen LogP contribution in [0, 0.1) is 18.6 Å². The first-order valence-electron chi connectivity index (χ1n) is 8.12. The molecule has 0 bridgehead atoms. The van der Waals surface area contributed by atoms with Crippen LogP contribution in [0.25, 0.3) is 11.1 Å². The smallest absolute Gasteiger partial charge is 0.168 e. The van der Waals surface area contributed by atoms with Crippen LogP contribution in [0.3, 0.4) is 0 Å². The van der Waals surface area contributed by atoms with Gasteiger partial charge >= 0.3 is 0 Å². The summed E-state index contributed by atoms with van der Waals surface area (Å²) >= 11 is 0. The van der Waals surface area contributed by atoms with Gasteiger partial charge in [0.1, 0.15) is 5.82 Å². The molecular weight excluding hydrogens is 293 g/mol. The maximum Gasteiger partial charge on any atom is 0.168 e. The Balaban J connectivity index is 1.79. The number of aryl methyl sites for hydroxylation is 1. The highest BCUT2D eigenvalue weighted by Crippen LogP contribution is 2.48. The first-order chi connectivity index (χ1) is 11.1. The fourth-order valence-electron chi connectivity index (χ4n) is 3.77. The Morgan fingerprint density at radius 2 is 1.57 bits per heavy atom. The van der Waals surface area contributed by atoms with E-state index in [9.17, 15) is 8.78 Å². The standard InChI is InChI=1S/C19H17BF2O/c1-10-6-7-12-13-8-9-14(23-11-4-2-3-5-11)19(22)16(13)17(20)15(12)18(10)21/h6-9,11,17H,2-5H2,1H3. The summed E-state index contributed by atoms with van der Waals surface area (Å²) in [6, 6.07) is 6.96. The fraction of sp³-hybridized carbons (Fsp3) is 0.368. The van der Waals surface area contributed by atoms with E-state index in [1.807, 2.05) is 6.07 Å². The minimum Gasteiger partial charge on any atom is -0.487 e. The fourth-order valence-corrected chi connectivity index (χ4v) is 3.77. The normalized spacial score (nSPS) is 19.7. The van der Waals surface area contributed by atoms with Crippen LogP contribution in [0.5, 0.6) is 5.75 Å². The second-order valence-electron chi connectivity index (χ2n) is 6.50. The number of halogens is 2. The van der Waals surface area contributed by atoms with Crippen molar-refractivity contribution in [3.05, 3.63) is 52.6 Å². The molecule has 0 saturated heterocycles. The molecule has 4 heteroatoms. The van der Waals surface area contributed by atoms with Crippen molar-refractivity contribution in [2.75, 3.05) is 0 Å². The molecule has 0 spiro atoms. The number of ether oxygens (including phenoxy) is 1. The van der Waals surface area contributed by atoms with Gasteiger partial charge in [0.05, 0.1) is 14.0 Å². The molecule has 0 N–H and O–H groups in total. The van der Waals surface area contributed by atoms with E-state index in [4.69, 9.17) is 12.6 Å². The van der Waals surface area contributed by atoms with E-state index in [1.165, 1.54) is 0 Å². The van der Waals surface area contributed by atoms with Crippen molar-refractivity contribution in [3.8, 4) is 16.9 Å². The van der Waals surface area contributed by atoms with E-state index >= 15 is 0 Å². The van der Waals surface area contributed by atoms with Gasteiger partial charge < -0.3 is 4.74 Å². The largest absolute Gasteiger partial charge is 0.487 e. The molecule has 4 rings (SSSR count). The average molecular weight is 310 g/mol. The number of fused-ring (bicyclic) bond motifs is 3. The highest BCUT2D eigenvalue weighted by Gasteiger charge is 2.33. The zero-order valence-electron chi connectivity index (χ0n) is 13.0. The van der Waals surface area contributed by atoms with Gasteiger partial charge in [-0.25, -0.2) is 8.78 Å². The minimum atomic E-state index is -0.785. The number of benzene rings is 2. The second-order valence-corrected chi connectivity index (χ2v) is 6.50. The highest BCUT2D eigenvalue weighted by molar-refractivity contribution is 6.17. The number of hydrogen-bond acceptors (Lipinski definition) is 1. The monoisotopic (exact) mass is 310 g/mol. The molecule has 2 aliphatic carbocycles. The summed E-state index contributed by atoms with van der Waals surface area (Å²) in [5.74, 6) is -1.35. The van der Waals surface area contributed by atoms with Crippen LogP contribution >= 0.6 is 0 Å². The van der Waals surface area contributed by atoms with E-state index in [2.05, 4.69) is 0 Å². The third kappa shape index (κ3) is 2.19. The van der Waals surface area contributed by atoms with E-state index < -0.39 is 11.6 Å². The van der Waals surface area contributed by atoms with Crippen LogP contribution in [-0.4, -0.2) is 14.0 Å². The molecule has 116 valence electrons. The second kappa shape index (κ2) is 5.36. The molecule has 2 aliphatic rings. The van der Waals surface area contributed by atoms with Crippen LogP contribution in [0.15, 0.2) is 24.3 Å². The molecule has 1 nitrogen and oxygen atoms in total. The Hall–Kier alpha value is -1.84. The molecule has 2 aromatic rings. The minimum absolute atomic E-state index is 0.0709. The molecule has 2 radical (unpaired) electrons. The molecule has 1 atom stereocenters. The third-order valence-electron chi connectivity index (χ3n) is 5.03. The Morgan fingerprint density at radius 1 is 0.957 bits per heavy atom. The van der Waals surface area contributed by atoms with Gasteiger partial charge in [0, 0.05) is 0 Å². The lowest BCUT2D eigenvalue weighted by Gasteiger charge is -2.16. The van der Waals surface area contributed by atoms with Crippen molar-refractivity contribution >= 4 is 7.85 Å². The predicted molar refractivity (Wildman–Crippen MR) is 87.0 cm³/mol. The molecular formula is C19H17BF2O. The van der Waals surface area contributed by atoms with Gasteiger partial charge in [-0.1, -0.05) is 18.2 Å². The third-order valence-corrected chi connectivity index (χ3v) is 5.03. The van der Waals surface area contributed by atoms with Gasteiger partial charge in [0.2, 0.25) is 0 Å². The molecule has 0 heterocycles. The summed E-state index contributed by atoms with van der Waals surface area (Å²) in [6.45, 7) is 1.69. The average Bonchev–Trinajstić information content (AvgIpc) is 3.13. The van der Waals surface area contributed by atoms with E-state index in [0.717, 1.165) is 25.7 Å². The molecule has 2 aromatic carbocycles. The van der Waals surface area contributed by atoms with E-state index in [-0.39, 0.29) is 17.7 Å². The van der Waals surface area contributed by atoms with Crippen molar-refractivity contribution in [1.29, 1.82) is 0 Å². The quantitative estimate of drug-likeness (QED) is 0.722. The van der Waals surface area contributed by atoms with Crippen LogP contribution in [0.1, 0.15) is 48.2 Å². The Labute approximate surface area is 136 Å². The van der Waals surface area contributed by atoms with E-state index in [0.29, 0.717) is 27.8 Å². The Kier molecular flexibility index (Phi) is 3.44. The summed E-state index contributed by atoms with van der Waals surface area (Å²) in [5.41, 5.74) is 2.61. The lowest BCUT2D eigenvalue weighted by molar-refractivity contribution is 0.200. The predicted octanol–water partition coefficient (Wildman–Crippen LogP) is 4.83. The maximum atomic E-state index is 14.9. The van der Waals surface area contributed by atoms with Crippen molar-refractivity contribution in [2.24, 2.45) is 0 Å². The molecule has 0 aromatic heterocycles. The number of rotatable bonds is 2. The highest BCUT2D eigenvalue weighted by atomic mass is 19.1. The zero-order chi connectivity index (χ0) is 16.1. The molecule has 0 amide bonds. The summed E-state index contributed by atoms with van der Waals surface area (Å²) in [4.78, 5) is 0. The van der Waals surface area contributed by atoms with E-state index in [1.54, 1.807) is 25.1 Å². The molecule has 1 unspecified atom stereocenters. The van der Waals surface area contributed by atoms with Crippen LogP contribution in [0.4, 0.5) is 8.78 Å². The zero-order valence-corrected chi connectivity index (χ0v) is 13.0. The Bertz CT molecular complexity index is 781. The number of hydrogen-bond donors (Lipinski definition) is 0. The van der Waals surface area contributed by atoms with Crippen LogP contribution in [-0.2, 0) is 0 Å². The molecule has 1 saturated carbocycles. The van der Waals surface area contributed by atoms with Gasteiger partial charge in [-0.15, -0.1) is 0 Å². The van der Waals surface area contributed by atoms with Gasteiger partial charge in [-0.05, 0) is 72.3 Å². The van der Waals surface area contributed by atoms with Crippen LogP contribution < -0.4 is 4.74 Å². The summed E-state index contributed by atoms with van der Waals surface area (Å²) in [7, 11) is 6.17. The first-order valence-corrected chi connectivity index (χ1v) is 8.12. The first kappa shape index (κ1) is 14.7. The van der Waals surface area contributed by atoms with Crippen LogP contribution in [0.2, 0.25) is 0 Å². The molecule has 1 fully saturated rings. The topological polar surface area (TPSA) is 9.23 Å². The summed E-state index contributed by atoms with van der Waals surface area (Å²) in [6.07, 6.45) is 4.22. The van der Waals surface area contributed by atoms with Gasteiger partial charge in [0.15, 0.2) is 11.6 Å². The van der Waals surface area contributed by atoms with Crippen molar-refractivity contribution < 1.29 is 13.5 Å². The van der Waals surface area contributed by atoms with Crippen molar-refractivity contribution in [2.45, 2.75) is 44.5 Å². The summed E-state index contributed by atoms with van der Waals surface area (Å²) < 4.78 is 35.2. The Morgan fingerprint density at radius 3 is 2.26 bits per heavy atom. The lowest BCUT2D eigenvalue weighted by atomic mass is 9.78. The van der Waals surface area contributed by atoms with Crippen molar-refractivity contribution in [3.63, 3.8) is 0 Å².